The summed E-state index contributed by atoms with van der Waals surface area (Å²) in [6.07, 6.45) is 7.44. The lowest BCUT2D eigenvalue weighted by atomic mass is 9.96. The molecule has 164 valence electrons. The highest BCUT2D eigenvalue weighted by Gasteiger charge is 2.20. The molecule has 4 aromatic carbocycles. The summed E-state index contributed by atoms with van der Waals surface area (Å²) in [6, 6.07) is 36.7. The molecule has 0 spiro atoms. The molecule has 0 radical (unpaired) electrons. The van der Waals surface area contributed by atoms with Crippen LogP contribution in [-0.2, 0) is 0 Å². The van der Waals surface area contributed by atoms with Crippen molar-refractivity contribution in [2.45, 2.75) is 0 Å². The van der Waals surface area contributed by atoms with E-state index in [-0.39, 0.29) is 0 Å². The van der Waals surface area contributed by atoms with E-state index in [2.05, 4.69) is 118 Å². The molecule has 0 aliphatic carbocycles. The van der Waals surface area contributed by atoms with E-state index >= 15 is 0 Å². The number of rotatable bonds is 3. The summed E-state index contributed by atoms with van der Waals surface area (Å²) in [5, 5.41) is 4.98. The molecule has 7 rings (SSSR count). The van der Waals surface area contributed by atoms with E-state index in [1.54, 1.807) is 0 Å². The van der Waals surface area contributed by atoms with Gasteiger partial charge in [-0.05, 0) is 46.8 Å². The molecular formula is C32H21N3. The standard InChI is InChI=1S/C32H21N3/c1-2-7-25-22(6-1)12-13-29-28-8-3-4-11-30(28)35(32(25)29)31-26(23-14-18-33-19-15-23)9-5-10-27(31)24-16-20-34-21-17-24/h1-21H. The second kappa shape index (κ2) is 7.93. The van der Waals surface area contributed by atoms with Gasteiger partial charge in [0.2, 0.25) is 0 Å². The highest BCUT2D eigenvalue weighted by Crippen LogP contribution is 2.42. The summed E-state index contributed by atoms with van der Waals surface area (Å²) >= 11 is 0. The SMILES string of the molecule is c1cc(-c2ccncc2)c(-n2c3ccccc3c3ccc4ccccc4c32)c(-c2ccncc2)c1. The fraction of sp³-hybridized carbons (Fsp3) is 0. The number of nitrogens with zero attached hydrogens (tertiary/aromatic N) is 3. The maximum atomic E-state index is 4.27. The number of aromatic nitrogens is 3. The van der Waals surface area contributed by atoms with Crippen molar-refractivity contribution in [3.05, 3.63) is 128 Å². The smallest absolute Gasteiger partial charge is 0.0619 e. The van der Waals surface area contributed by atoms with Crippen molar-refractivity contribution >= 4 is 32.6 Å². The molecule has 7 aromatic rings. The molecule has 0 fully saturated rings. The Morgan fingerprint density at radius 3 is 1.74 bits per heavy atom. The van der Waals surface area contributed by atoms with E-state index in [1.807, 2.05) is 24.8 Å². The van der Waals surface area contributed by atoms with E-state index in [4.69, 9.17) is 0 Å². The zero-order chi connectivity index (χ0) is 23.2. The van der Waals surface area contributed by atoms with Gasteiger partial charge in [-0.1, -0.05) is 72.8 Å². The Labute approximate surface area is 203 Å². The Bertz CT molecular complexity index is 1780. The number of pyridine rings is 2. The third-order valence-electron chi connectivity index (χ3n) is 6.80. The number of hydrogen-bond acceptors (Lipinski definition) is 2. The van der Waals surface area contributed by atoms with Gasteiger partial charge in [0.15, 0.2) is 0 Å². The molecule has 0 saturated heterocycles. The van der Waals surface area contributed by atoms with Crippen LogP contribution in [0.15, 0.2) is 128 Å². The molecular weight excluding hydrogens is 426 g/mol. The van der Waals surface area contributed by atoms with Gasteiger partial charge in [-0.25, -0.2) is 0 Å². The van der Waals surface area contributed by atoms with Crippen LogP contribution in [0.2, 0.25) is 0 Å². The van der Waals surface area contributed by atoms with Gasteiger partial charge in [0, 0.05) is 52.1 Å². The number of benzene rings is 4. The normalized spacial score (nSPS) is 11.4. The number of para-hydroxylation sites is 2. The van der Waals surface area contributed by atoms with E-state index in [1.165, 1.54) is 32.6 Å². The summed E-state index contributed by atoms with van der Waals surface area (Å²) < 4.78 is 2.46. The first kappa shape index (κ1) is 19.7. The van der Waals surface area contributed by atoms with Crippen LogP contribution in [0.1, 0.15) is 0 Å². The topological polar surface area (TPSA) is 30.7 Å². The van der Waals surface area contributed by atoms with E-state index in [0.717, 1.165) is 27.9 Å². The van der Waals surface area contributed by atoms with Crippen molar-refractivity contribution in [3.8, 4) is 27.9 Å². The molecule has 3 nitrogen and oxygen atoms in total. The first-order valence-electron chi connectivity index (χ1n) is 11.8. The van der Waals surface area contributed by atoms with Crippen LogP contribution >= 0.6 is 0 Å². The van der Waals surface area contributed by atoms with Crippen LogP contribution in [0, 0.1) is 0 Å². The second-order valence-electron chi connectivity index (χ2n) is 8.71. The number of hydrogen-bond donors (Lipinski definition) is 0. The first-order valence-corrected chi connectivity index (χ1v) is 11.8. The van der Waals surface area contributed by atoms with Gasteiger partial charge in [0.1, 0.15) is 0 Å². The second-order valence-corrected chi connectivity index (χ2v) is 8.71. The summed E-state index contributed by atoms with van der Waals surface area (Å²) in [5.74, 6) is 0. The van der Waals surface area contributed by atoms with Crippen LogP contribution in [0.3, 0.4) is 0 Å². The molecule has 0 aliphatic heterocycles. The van der Waals surface area contributed by atoms with Crippen molar-refractivity contribution in [1.29, 1.82) is 0 Å². The van der Waals surface area contributed by atoms with Crippen molar-refractivity contribution in [2.75, 3.05) is 0 Å². The van der Waals surface area contributed by atoms with Crippen LogP contribution in [-0.4, -0.2) is 14.5 Å². The fourth-order valence-corrected chi connectivity index (χ4v) is 5.28. The predicted octanol–water partition coefficient (Wildman–Crippen LogP) is 8.06. The summed E-state index contributed by atoms with van der Waals surface area (Å²) in [6.45, 7) is 0. The largest absolute Gasteiger partial charge is 0.307 e. The van der Waals surface area contributed by atoms with Crippen molar-refractivity contribution in [1.82, 2.24) is 14.5 Å². The molecule has 0 atom stereocenters. The van der Waals surface area contributed by atoms with Crippen LogP contribution in [0.5, 0.6) is 0 Å². The lowest BCUT2D eigenvalue weighted by Gasteiger charge is -2.19. The molecule has 3 heterocycles. The minimum absolute atomic E-state index is 1.14. The third kappa shape index (κ3) is 3.06. The summed E-state index contributed by atoms with van der Waals surface area (Å²) in [7, 11) is 0. The average Bonchev–Trinajstić information content (AvgIpc) is 3.28. The Hall–Kier alpha value is -4.76. The Kier molecular flexibility index (Phi) is 4.46. The highest BCUT2D eigenvalue weighted by atomic mass is 15.0. The van der Waals surface area contributed by atoms with Crippen molar-refractivity contribution in [3.63, 3.8) is 0 Å². The molecule has 0 N–H and O–H groups in total. The molecule has 0 aliphatic rings. The maximum Gasteiger partial charge on any atom is 0.0619 e. The molecule has 35 heavy (non-hydrogen) atoms. The van der Waals surface area contributed by atoms with Gasteiger partial charge < -0.3 is 4.57 Å². The van der Waals surface area contributed by atoms with Gasteiger partial charge in [-0.3, -0.25) is 9.97 Å². The predicted molar refractivity (Wildman–Crippen MR) is 145 cm³/mol. The van der Waals surface area contributed by atoms with E-state index in [9.17, 15) is 0 Å². The van der Waals surface area contributed by atoms with Gasteiger partial charge in [0.05, 0.1) is 16.7 Å². The van der Waals surface area contributed by atoms with Gasteiger partial charge in [0.25, 0.3) is 0 Å². The molecule has 3 aromatic heterocycles. The molecule has 0 saturated carbocycles. The fourth-order valence-electron chi connectivity index (χ4n) is 5.28. The van der Waals surface area contributed by atoms with Gasteiger partial charge >= 0.3 is 0 Å². The zero-order valence-electron chi connectivity index (χ0n) is 19.0. The van der Waals surface area contributed by atoms with Crippen LogP contribution in [0.25, 0.3) is 60.5 Å². The minimum atomic E-state index is 1.14. The van der Waals surface area contributed by atoms with Crippen LogP contribution in [0.4, 0.5) is 0 Å². The third-order valence-corrected chi connectivity index (χ3v) is 6.80. The number of fused-ring (bicyclic) bond motifs is 5. The van der Waals surface area contributed by atoms with Crippen molar-refractivity contribution in [2.24, 2.45) is 0 Å². The minimum Gasteiger partial charge on any atom is -0.307 e. The monoisotopic (exact) mass is 447 g/mol. The van der Waals surface area contributed by atoms with Crippen molar-refractivity contribution < 1.29 is 0 Å². The van der Waals surface area contributed by atoms with E-state index < -0.39 is 0 Å². The van der Waals surface area contributed by atoms with E-state index in [0.29, 0.717) is 0 Å². The van der Waals surface area contributed by atoms with Gasteiger partial charge in [-0.15, -0.1) is 0 Å². The first-order chi connectivity index (χ1) is 17.4. The molecule has 0 unspecified atom stereocenters. The molecule has 0 amide bonds. The average molecular weight is 448 g/mol. The Morgan fingerprint density at radius 1 is 0.457 bits per heavy atom. The van der Waals surface area contributed by atoms with Gasteiger partial charge in [-0.2, -0.15) is 0 Å². The summed E-state index contributed by atoms with van der Waals surface area (Å²) in [4.78, 5) is 8.54. The molecule has 3 heteroatoms. The highest BCUT2D eigenvalue weighted by molar-refractivity contribution is 6.19. The Balaban J connectivity index is 1.73. The Morgan fingerprint density at radius 2 is 1.06 bits per heavy atom. The summed E-state index contributed by atoms with van der Waals surface area (Å²) in [5.41, 5.74) is 8.17. The zero-order valence-corrected chi connectivity index (χ0v) is 19.0. The lowest BCUT2D eigenvalue weighted by molar-refractivity contribution is 1.19. The molecule has 0 bridgehead atoms. The van der Waals surface area contributed by atoms with Crippen LogP contribution < -0.4 is 0 Å². The quantitative estimate of drug-likeness (QED) is 0.274. The maximum absolute atomic E-state index is 4.27. The lowest BCUT2D eigenvalue weighted by Crippen LogP contribution is -2.01.